The lowest BCUT2D eigenvalue weighted by molar-refractivity contribution is 0.0996. The van der Waals surface area contributed by atoms with Crippen molar-refractivity contribution in [2.24, 2.45) is 0 Å². The molecule has 3 rings (SSSR count). The molecule has 0 saturated carbocycles. The molecule has 0 radical (unpaired) electrons. The van der Waals surface area contributed by atoms with E-state index in [4.69, 9.17) is 4.74 Å². The van der Waals surface area contributed by atoms with Crippen molar-refractivity contribution in [3.05, 3.63) is 34.9 Å². The Morgan fingerprint density at radius 1 is 1.10 bits per heavy atom. The lowest BCUT2D eigenvalue weighted by Gasteiger charge is -2.36. The maximum Gasteiger partial charge on any atom is 0.129 e. The van der Waals surface area contributed by atoms with Gasteiger partial charge < -0.3 is 9.64 Å². The lowest BCUT2D eigenvalue weighted by atomic mass is 9.85. The second kappa shape index (κ2) is 4.92. The molecular weight excluding hydrogens is 246 g/mol. The third-order valence-corrected chi connectivity index (χ3v) is 4.94. The van der Waals surface area contributed by atoms with E-state index < -0.39 is 0 Å². The minimum absolute atomic E-state index is 0.0798. The van der Waals surface area contributed by atoms with E-state index in [1.54, 1.807) is 0 Å². The fraction of sp³-hybridized carbons (Fsp3) is 0.556. The second-order valence-electron chi connectivity index (χ2n) is 6.53. The van der Waals surface area contributed by atoms with Gasteiger partial charge in [-0.25, -0.2) is 0 Å². The zero-order chi connectivity index (χ0) is 14.3. The molecule has 0 N–H and O–H groups in total. The molecule has 1 spiro atoms. The van der Waals surface area contributed by atoms with E-state index in [9.17, 15) is 0 Å². The summed E-state index contributed by atoms with van der Waals surface area (Å²) in [6.07, 6.45) is 5.82. The molecule has 0 aromatic heterocycles. The van der Waals surface area contributed by atoms with Gasteiger partial charge in [0, 0.05) is 18.5 Å². The van der Waals surface area contributed by atoms with Crippen molar-refractivity contribution in [2.75, 3.05) is 20.1 Å². The molecule has 1 saturated heterocycles. The summed E-state index contributed by atoms with van der Waals surface area (Å²) in [7, 11) is 2.21. The van der Waals surface area contributed by atoms with E-state index in [1.807, 2.05) is 0 Å². The molecule has 1 unspecified atom stereocenters. The van der Waals surface area contributed by atoms with Gasteiger partial charge in [-0.1, -0.05) is 6.07 Å². The van der Waals surface area contributed by atoms with Crippen molar-refractivity contribution in [3.63, 3.8) is 0 Å². The number of hydrogen-bond acceptors (Lipinski definition) is 2. The van der Waals surface area contributed by atoms with Crippen LogP contribution in [-0.2, 0) is 0 Å². The van der Waals surface area contributed by atoms with Gasteiger partial charge in [0.25, 0.3) is 0 Å². The SMILES string of the molecule is CC1=CC2(CCCN(C)CC2)Oc2ccc(C)c(C)c21. The third kappa shape index (κ3) is 2.26. The topological polar surface area (TPSA) is 12.5 Å². The smallest absolute Gasteiger partial charge is 0.129 e. The Kier molecular flexibility index (Phi) is 3.37. The first-order valence-corrected chi connectivity index (χ1v) is 7.68. The van der Waals surface area contributed by atoms with Gasteiger partial charge in [-0.05, 0) is 76.0 Å². The van der Waals surface area contributed by atoms with Crippen LogP contribution in [0.5, 0.6) is 5.75 Å². The fourth-order valence-corrected chi connectivity index (χ4v) is 3.59. The summed E-state index contributed by atoms with van der Waals surface area (Å²) in [4.78, 5) is 2.41. The Morgan fingerprint density at radius 3 is 2.70 bits per heavy atom. The van der Waals surface area contributed by atoms with E-state index in [0.29, 0.717) is 0 Å². The van der Waals surface area contributed by atoms with Crippen molar-refractivity contribution in [2.45, 2.75) is 45.6 Å². The Bertz CT molecular complexity index is 561. The van der Waals surface area contributed by atoms with Crippen LogP contribution in [0.4, 0.5) is 0 Å². The molecule has 108 valence electrons. The number of allylic oxidation sites excluding steroid dienone is 1. The first-order valence-electron chi connectivity index (χ1n) is 7.68. The van der Waals surface area contributed by atoms with Gasteiger partial charge in [0.2, 0.25) is 0 Å². The zero-order valence-corrected chi connectivity index (χ0v) is 13.1. The number of aryl methyl sites for hydroxylation is 1. The van der Waals surface area contributed by atoms with Crippen LogP contribution < -0.4 is 4.74 Å². The summed E-state index contributed by atoms with van der Waals surface area (Å²) in [6, 6.07) is 4.34. The van der Waals surface area contributed by atoms with Crippen LogP contribution in [0.3, 0.4) is 0 Å². The second-order valence-corrected chi connectivity index (χ2v) is 6.53. The van der Waals surface area contributed by atoms with Crippen LogP contribution in [0, 0.1) is 13.8 Å². The van der Waals surface area contributed by atoms with Gasteiger partial charge >= 0.3 is 0 Å². The monoisotopic (exact) mass is 271 g/mol. The summed E-state index contributed by atoms with van der Waals surface area (Å²) in [5, 5.41) is 0. The Morgan fingerprint density at radius 2 is 1.90 bits per heavy atom. The van der Waals surface area contributed by atoms with Crippen molar-refractivity contribution in [1.82, 2.24) is 4.90 Å². The van der Waals surface area contributed by atoms with E-state index in [1.165, 1.54) is 35.2 Å². The summed E-state index contributed by atoms with van der Waals surface area (Å²) in [6.45, 7) is 8.91. The molecule has 1 aromatic rings. The Labute approximate surface area is 122 Å². The molecule has 1 atom stereocenters. The summed E-state index contributed by atoms with van der Waals surface area (Å²) < 4.78 is 6.49. The van der Waals surface area contributed by atoms with Gasteiger partial charge in [-0.2, -0.15) is 0 Å². The molecule has 1 aromatic carbocycles. The van der Waals surface area contributed by atoms with Crippen molar-refractivity contribution in [1.29, 1.82) is 0 Å². The first kappa shape index (κ1) is 13.7. The molecule has 2 heteroatoms. The normalized spacial score (nSPS) is 26.7. The third-order valence-electron chi connectivity index (χ3n) is 4.94. The number of nitrogens with zero attached hydrogens (tertiary/aromatic N) is 1. The van der Waals surface area contributed by atoms with E-state index >= 15 is 0 Å². The van der Waals surface area contributed by atoms with Gasteiger partial charge in [0.1, 0.15) is 11.4 Å². The predicted octanol–water partition coefficient (Wildman–Crippen LogP) is 3.95. The molecule has 2 heterocycles. The first-order chi connectivity index (χ1) is 9.51. The standard InChI is InChI=1S/C18H25NO/c1-13-6-7-16-17(15(13)3)14(2)12-18(20-16)8-5-10-19(4)11-9-18/h6-7,12H,5,8-11H2,1-4H3. The summed E-state index contributed by atoms with van der Waals surface area (Å²) in [5.74, 6) is 1.08. The minimum Gasteiger partial charge on any atom is -0.482 e. The number of likely N-dealkylation sites (tertiary alicyclic amines) is 1. The van der Waals surface area contributed by atoms with Crippen molar-refractivity contribution < 1.29 is 4.74 Å². The van der Waals surface area contributed by atoms with E-state index in [-0.39, 0.29) is 5.60 Å². The highest BCUT2D eigenvalue weighted by Crippen LogP contribution is 2.42. The molecule has 0 aliphatic carbocycles. The minimum atomic E-state index is -0.0798. The van der Waals surface area contributed by atoms with Crippen LogP contribution in [-0.4, -0.2) is 30.6 Å². The predicted molar refractivity (Wildman–Crippen MR) is 84.3 cm³/mol. The number of ether oxygens (including phenoxy) is 1. The maximum absolute atomic E-state index is 6.49. The quantitative estimate of drug-likeness (QED) is 0.708. The molecule has 0 amide bonds. The molecule has 20 heavy (non-hydrogen) atoms. The van der Waals surface area contributed by atoms with Gasteiger partial charge in [-0.15, -0.1) is 0 Å². The van der Waals surface area contributed by atoms with Crippen LogP contribution in [0.15, 0.2) is 18.2 Å². The molecule has 2 aliphatic rings. The van der Waals surface area contributed by atoms with Crippen LogP contribution >= 0.6 is 0 Å². The van der Waals surface area contributed by atoms with Gasteiger partial charge in [0.15, 0.2) is 0 Å². The van der Waals surface area contributed by atoms with E-state index in [0.717, 1.165) is 25.1 Å². The van der Waals surface area contributed by atoms with Crippen LogP contribution in [0.1, 0.15) is 42.9 Å². The molecule has 0 bridgehead atoms. The van der Waals surface area contributed by atoms with Crippen LogP contribution in [0.25, 0.3) is 5.57 Å². The highest BCUT2D eigenvalue weighted by Gasteiger charge is 2.36. The zero-order valence-electron chi connectivity index (χ0n) is 13.1. The van der Waals surface area contributed by atoms with E-state index in [2.05, 4.69) is 50.9 Å². The maximum atomic E-state index is 6.49. The Hall–Kier alpha value is -1.28. The summed E-state index contributed by atoms with van der Waals surface area (Å²) >= 11 is 0. The lowest BCUT2D eigenvalue weighted by Crippen LogP contribution is -2.37. The number of rotatable bonds is 0. The fourth-order valence-electron chi connectivity index (χ4n) is 3.59. The van der Waals surface area contributed by atoms with Crippen molar-refractivity contribution in [3.8, 4) is 5.75 Å². The van der Waals surface area contributed by atoms with Gasteiger partial charge in [-0.3, -0.25) is 0 Å². The number of hydrogen-bond donors (Lipinski definition) is 0. The largest absolute Gasteiger partial charge is 0.482 e. The van der Waals surface area contributed by atoms with Crippen molar-refractivity contribution >= 4 is 5.57 Å². The highest BCUT2D eigenvalue weighted by atomic mass is 16.5. The van der Waals surface area contributed by atoms with Gasteiger partial charge in [0.05, 0.1) is 0 Å². The molecule has 2 nitrogen and oxygen atoms in total. The Balaban J connectivity index is 2.01. The number of benzene rings is 1. The highest BCUT2D eigenvalue weighted by molar-refractivity contribution is 5.75. The molecule has 1 fully saturated rings. The molecule has 2 aliphatic heterocycles. The average Bonchev–Trinajstić information content (AvgIpc) is 2.57. The summed E-state index contributed by atoms with van der Waals surface area (Å²) in [5.41, 5.74) is 5.32. The molecular formula is C18H25NO. The van der Waals surface area contributed by atoms with Crippen LogP contribution in [0.2, 0.25) is 0 Å². The average molecular weight is 271 g/mol. The number of fused-ring (bicyclic) bond motifs is 1.